The summed E-state index contributed by atoms with van der Waals surface area (Å²) in [4.78, 5) is 25.5. The molecule has 8 nitrogen and oxygen atoms in total. The van der Waals surface area contributed by atoms with E-state index in [2.05, 4.69) is 5.32 Å². The summed E-state index contributed by atoms with van der Waals surface area (Å²) in [7, 11) is 1.27. The molecule has 10 heteroatoms. The number of carboxylic acids is 1. The van der Waals surface area contributed by atoms with Gasteiger partial charge in [0.25, 0.3) is 5.91 Å². The molecule has 0 aromatic heterocycles. The molecular weight excluding hydrogens is 472 g/mol. The van der Waals surface area contributed by atoms with Crippen LogP contribution in [0.25, 0.3) is 0 Å². The van der Waals surface area contributed by atoms with E-state index in [-0.39, 0.29) is 24.3 Å². The average molecular weight is 493 g/mol. The summed E-state index contributed by atoms with van der Waals surface area (Å²) in [5.41, 5.74) is 2.57. The van der Waals surface area contributed by atoms with Gasteiger partial charge >= 0.3 is 5.97 Å². The number of nitrogens with zero attached hydrogens (tertiary/aromatic N) is 1. The predicted molar refractivity (Wildman–Crippen MR) is 104 cm³/mol. The number of carbonyl (C=O) groups excluding carboxylic acids is 1. The number of aliphatic carboxylic acids is 1. The molecule has 3 unspecified atom stereocenters. The zero-order chi connectivity index (χ0) is 20.5. The van der Waals surface area contributed by atoms with Gasteiger partial charge in [0, 0.05) is 22.8 Å². The molecule has 0 saturated heterocycles. The van der Waals surface area contributed by atoms with Crippen molar-refractivity contribution in [2.45, 2.75) is 25.1 Å². The molecule has 0 aliphatic carbocycles. The van der Waals surface area contributed by atoms with Crippen molar-refractivity contribution in [3.63, 3.8) is 0 Å². The summed E-state index contributed by atoms with van der Waals surface area (Å²) < 4.78 is 14.9. The molecule has 0 spiro atoms. The Kier molecular flexibility index (Phi) is 6.45. The molecule has 1 heterocycles. The largest absolute Gasteiger partial charge is 0.479 e. The number of nitrogens with two attached hydrogens (primary N) is 1. The van der Waals surface area contributed by atoms with Crippen molar-refractivity contribution in [2.24, 2.45) is 11.7 Å². The number of aliphatic hydroxyl groups excluding tert-OH is 1. The van der Waals surface area contributed by atoms with Crippen molar-refractivity contribution in [3.8, 4) is 0 Å². The average Bonchev–Trinajstić information content (AvgIpc) is 2.62. The number of aliphatic hydroxyl groups is 2. The molecule has 3 atom stereocenters. The van der Waals surface area contributed by atoms with Gasteiger partial charge < -0.3 is 31.3 Å². The van der Waals surface area contributed by atoms with E-state index in [1.54, 1.807) is 13.0 Å². The van der Waals surface area contributed by atoms with Gasteiger partial charge in [0.15, 0.2) is 0 Å². The van der Waals surface area contributed by atoms with Crippen LogP contribution in [0.2, 0.25) is 0 Å². The number of nitrogens with one attached hydrogen (secondary N) is 1. The second-order valence-corrected chi connectivity index (χ2v) is 7.77. The Morgan fingerprint density at radius 2 is 2.15 bits per heavy atom. The van der Waals surface area contributed by atoms with Gasteiger partial charge in [0.1, 0.15) is 12.0 Å². The molecule has 148 valence electrons. The highest BCUT2D eigenvalue weighted by atomic mass is 127. The monoisotopic (exact) mass is 493 g/mol. The number of carboxylic acid groups (broad SMARTS) is 1. The fourth-order valence-electron chi connectivity index (χ4n) is 2.84. The summed E-state index contributed by atoms with van der Waals surface area (Å²) in [5, 5.41) is 32.5. The topological polar surface area (TPSA) is 136 Å². The fourth-order valence-corrected chi connectivity index (χ4v) is 3.29. The molecule has 27 heavy (non-hydrogen) atoms. The standard InChI is InChI=1S/C17H21FIN3O5/c1-8(7-23)5-10-13(21-12-4-3-9(19)6-11(12)18)17(27,16(25)26)15(20)22(2)14(10)24/h3-4,6,8,15,21,23,27H,5,7,20H2,1-2H3,(H,25,26). The number of carbonyl (C=O) groups is 2. The summed E-state index contributed by atoms with van der Waals surface area (Å²) in [6.45, 7) is 1.39. The number of amides is 1. The van der Waals surface area contributed by atoms with Crippen molar-refractivity contribution in [3.05, 3.63) is 38.9 Å². The second kappa shape index (κ2) is 8.09. The molecular formula is C17H21FIN3O5. The van der Waals surface area contributed by atoms with Gasteiger partial charge in [-0.2, -0.15) is 0 Å². The van der Waals surface area contributed by atoms with Crippen LogP contribution in [0.4, 0.5) is 10.1 Å². The van der Waals surface area contributed by atoms with Crippen LogP contribution in [-0.4, -0.2) is 57.5 Å². The van der Waals surface area contributed by atoms with E-state index >= 15 is 0 Å². The third-order valence-corrected chi connectivity index (χ3v) is 5.16. The highest BCUT2D eigenvalue weighted by Crippen LogP contribution is 2.35. The Hall–Kier alpha value is -1.76. The lowest BCUT2D eigenvalue weighted by Gasteiger charge is -2.43. The molecule has 1 amide bonds. The lowest BCUT2D eigenvalue weighted by atomic mass is 9.84. The van der Waals surface area contributed by atoms with Gasteiger partial charge in [0.05, 0.1) is 11.4 Å². The molecule has 0 radical (unpaired) electrons. The maximum Gasteiger partial charge on any atom is 0.345 e. The van der Waals surface area contributed by atoms with Gasteiger partial charge in [0.2, 0.25) is 5.60 Å². The first-order valence-electron chi connectivity index (χ1n) is 8.09. The maximum atomic E-state index is 14.3. The lowest BCUT2D eigenvalue weighted by Crippen LogP contribution is -2.67. The second-order valence-electron chi connectivity index (χ2n) is 6.53. The van der Waals surface area contributed by atoms with Crippen molar-refractivity contribution in [1.29, 1.82) is 0 Å². The number of hydrogen-bond acceptors (Lipinski definition) is 6. The minimum atomic E-state index is -2.68. The Morgan fingerprint density at radius 3 is 2.67 bits per heavy atom. The van der Waals surface area contributed by atoms with Gasteiger partial charge in [-0.3, -0.25) is 4.79 Å². The van der Waals surface area contributed by atoms with Crippen molar-refractivity contribution >= 4 is 40.2 Å². The molecule has 1 aromatic rings. The van der Waals surface area contributed by atoms with Crippen LogP contribution in [0.5, 0.6) is 0 Å². The Labute approximate surface area is 169 Å². The summed E-state index contributed by atoms with van der Waals surface area (Å²) in [6.07, 6.45) is -1.62. The normalized spacial score (nSPS) is 24.2. The SMILES string of the molecule is CC(CO)CC1=C(Nc2ccc(I)cc2F)C(O)(C(=O)O)C(N)N(C)C1=O. The van der Waals surface area contributed by atoms with E-state index in [0.29, 0.717) is 3.57 Å². The van der Waals surface area contributed by atoms with Gasteiger partial charge in [-0.1, -0.05) is 6.92 Å². The first kappa shape index (κ1) is 21.5. The number of likely N-dealkylation sites (N-methyl/N-ethyl adjacent to an activating group) is 1. The molecule has 6 N–H and O–H groups in total. The summed E-state index contributed by atoms with van der Waals surface area (Å²) in [5.74, 6) is -3.38. The minimum Gasteiger partial charge on any atom is -0.479 e. The van der Waals surface area contributed by atoms with E-state index in [1.807, 2.05) is 22.6 Å². The molecule has 0 saturated carbocycles. The van der Waals surface area contributed by atoms with Crippen LogP contribution >= 0.6 is 22.6 Å². The van der Waals surface area contributed by atoms with E-state index in [9.17, 15) is 29.3 Å². The Balaban J connectivity index is 2.69. The van der Waals surface area contributed by atoms with Crippen molar-refractivity contribution in [2.75, 3.05) is 19.0 Å². The van der Waals surface area contributed by atoms with Gasteiger partial charge in [-0.05, 0) is 53.1 Å². The first-order valence-corrected chi connectivity index (χ1v) is 9.16. The highest BCUT2D eigenvalue weighted by Gasteiger charge is 2.55. The van der Waals surface area contributed by atoms with Crippen LogP contribution < -0.4 is 11.1 Å². The Bertz CT molecular complexity index is 803. The van der Waals surface area contributed by atoms with Crippen LogP contribution in [-0.2, 0) is 9.59 Å². The number of anilines is 1. The van der Waals surface area contributed by atoms with Crippen LogP contribution in [0, 0.1) is 15.3 Å². The fraction of sp³-hybridized carbons (Fsp3) is 0.412. The summed E-state index contributed by atoms with van der Waals surface area (Å²) in [6, 6.07) is 4.17. The molecule has 1 aliphatic heterocycles. The highest BCUT2D eigenvalue weighted by molar-refractivity contribution is 14.1. The van der Waals surface area contributed by atoms with Crippen molar-refractivity contribution in [1.82, 2.24) is 4.90 Å². The molecule has 0 bridgehead atoms. The van der Waals surface area contributed by atoms with E-state index in [1.165, 1.54) is 19.2 Å². The minimum absolute atomic E-state index is 0.0314. The number of halogens is 2. The molecule has 1 aliphatic rings. The van der Waals surface area contributed by atoms with Gasteiger partial charge in [-0.25, -0.2) is 9.18 Å². The van der Waals surface area contributed by atoms with Crippen LogP contribution in [0.1, 0.15) is 13.3 Å². The smallest absolute Gasteiger partial charge is 0.345 e. The van der Waals surface area contributed by atoms with Gasteiger partial charge in [-0.15, -0.1) is 0 Å². The van der Waals surface area contributed by atoms with E-state index in [0.717, 1.165) is 4.90 Å². The maximum absolute atomic E-state index is 14.3. The van der Waals surface area contributed by atoms with E-state index in [4.69, 9.17) is 5.73 Å². The van der Waals surface area contributed by atoms with Crippen LogP contribution in [0.3, 0.4) is 0 Å². The predicted octanol–water partition coefficient (Wildman–Crippen LogP) is 0.687. The quantitative estimate of drug-likeness (QED) is 0.368. The van der Waals surface area contributed by atoms with Crippen LogP contribution in [0.15, 0.2) is 29.5 Å². The number of hydrogen-bond donors (Lipinski definition) is 5. The third-order valence-electron chi connectivity index (χ3n) is 4.49. The number of rotatable bonds is 6. The third kappa shape index (κ3) is 3.93. The lowest BCUT2D eigenvalue weighted by molar-refractivity contribution is -0.164. The molecule has 0 fully saturated rings. The molecule has 1 aromatic carbocycles. The summed E-state index contributed by atoms with van der Waals surface area (Å²) >= 11 is 1.91. The van der Waals surface area contributed by atoms with E-state index < -0.39 is 41.1 Å². The van der Waals surface area contributed by atoms with Crippen molar-refractivity contribution < 1.29 is 29.3 Å². The Morgan fingerprint density at radius 1 is 1.52 bits per heavy atom. The zero-order valence-electron chi connectivity index (χ0n) is 14.7. The zero-order valence-corrected chi connectivity index (χ0v) is 16.9. The molecule has 2 rings (SSSR count). The number of benzene rings is 1. The first-order chi connectivity index (χ1) is 12.5.